The summed E-state index contributed by atoms with van der Waals surface area (Å²) in [5, 5.41) is 0.986. The number of benzene rings is 2. The van der Waals surface area contributed by atoms with Crippen LogP contribution in [-0.4, -0.2) is 14.3 Å². The Morgan fingerprint density at radius 1 is 0.909 bits per heavy atom. The van der Waals surface area contributed by atoms with Crippen LogP contribution in [0.5, 0.6) is 0 Å². The maximum atomic E-state index is 12.0. The highest BCUT2D eigenvalue weighted by Crippen LogP contribution is 2.14. The van der Waals surface area contributed by atoms with Crippen molar-refractivity contribution in [3.63, 3.8) is 0 Å². The van der Waals surface area contributed by atoms with Gasteiger partial charge < -0.3 is 0 Å². The summed E-state index contributed by atoms with van der Waals surface area (Å²) in [6.45, 7) is 0. The number of hydrogen-bond acceptors (Lipinski definition) is 3. The fourth-order valence-corrected chi connectivity index (χ4v) is 2.78. The third-order valence-corrected chi connectivity index (χ3v) is 4.52. The molecule has 0 unspecified atom stereocenters. The molecule has 1 N–H and O–H groups in total. The number of rotatable bonds is 4. The van der Waals surface area contributed by atoms with Crippen molar-refractivity contribution in [3.8, 4) is 0 Å². The Morgan fingerprint density at radius 3 is 1.95 bits per heavy atom. The normalized spacial score (nSPS) is 11.5. The summed E-state index contributed by atoms with van der Waals surface area (Å²) in [7, 11) is -3.92. The highest BCUT2D eigenvalue weighted by molar-refractivity contribution is 7.90. The van der Waals surface area contributed by atoms with Crippen molar-refractivity contribution in [2.24, 2.45) is 0 Å². The van der Waals surface area contributed by atoms with Crippen LogP contribution in [0.25, 0.3) is 6.08 Å². The molecule has 2 aromatic rings. The summed E-state index contributed by atoms with van der Waals surface area (Å²) in [6, 6.07) is 12.3. The molecule has 4 nitrogen and oxygen atoms in total. The molecule has 7 heteroatoms. The minimum Gasteiger partial charge on any atom is -0.269 e. The minimum atomic E-state index is -3.92. The molecule has 0 aliphatic heterocycles. The van der Waals surface area contributed by atoms with E-state index in [9.17, 15) is 13.2 Å². The lowest BCUT2D eigenvalue weighted by molar-refractivity contribution is -0.114. The van der Waals surface area contributed by atoms with Crippen LogP contribution >= 0.6 is 23.2 Å². The summed E-state index contributed by atoms with van der Waals surface area (Å²) < 4.78 is 25.9. The van der Waals surface area contributed by atoms with E-state index in [1.54, 1.807) is 24.3 Å². The number of hydrogen-bond donors (Lipinski definition) is 1. The third-order valence-electron chi connectivity index (χ3n) is 2.66. The van der Waals surface area contributed by atoms with Crippen LogP contribution in [0.3, 0.4) is 0 Å². The van der Waals surface area contributed by atoms with Gasteiger partial charge in [0.1, 0.15) is 0 Å². The lowest BCUT2D eigenvalue weighted by atomic mass is 10.2. The molecule has 0 bridgehead atoms. The van der Waals surface area contributed by atoms with E-state index in [0.29, 0.717) is 10.0 Å². The van der Waals surface area contributed by atoms with Gasteiger partial charge in [-0.2, -0.15) is 0 Å². The van der Waals surface area contributed by atoms with Gasteiger partial charge in [0.25, 0.3) is 15.9 Å². The molecule has 22 heavy (non-hydrogen) atoms. The van der Waals surface area contributed by atoms with Gasteiger partial charge in [-0.05, 0) is 48.0 Å². The summed E-state index contributed by atoms with van der Waals surface area (Å²) in [5.74, 6) is -0.745. The molecule has 2 rings (SSSR count). The first-order valence-electron chi connectivity index (χ1n) is 6.13. The Hall–Kier alpha value is -1.82. The molecule has 2 aromatic carbocycles. The second-order valence-electron chi connectivity index (χ2n) is 4.31. The Morgan fingerprint density at radius 2 is 1.41 bits per heavy atom. The monoisotopic (exact) mass is 355 g/mol. The lowest BCUT2D eigenvalue weighted by Gasteiger charge is -2.04. The molecule has 0 saturated heterocycles. The smallest absolute Gasteiger partial charge is 0.264 e. The van der Waals surface area contributed by atoms with Crippen molar-refractivity contribution >= 4 is 45.2 Å². The molecule has 0 radical (unpaired) electrons. The fourth-order valence-electron chi connectivity index (χ4n) is 1.58. The molecule has 0 aliphatic rings. The molecule has 0 fully saturated rings. The molecule has 0 aliphatic carbocycles. The van der Waals surface area contributed by atoms with Crippen LogP contribution in [0.1, 0.15) is 5.56 Å². The molecule has 0 saturated carbocycles. The topological polar surface area (TPSA) is 63.2 Å². The van der Waals surface area contributed by atoms with Crippen molar-refractivity contribution < 1.29 is 13.2 Å². The maximum absolute atomic E-state index is 12.0. The molecular weight excluding hydrogens is 345 g/mol. The number of carbonyl (C=O) groups is 1. The zero-order chi connectivity index (χ0) is 16.2. The van der Waals surface area contributed by atoms with Gasteiger partial charge in [-0.1, -0.05) is 35.3 Å². The SMILES string of the molecule is O=C(/C=C/c1ccc(Cl)cc1)NS(=O)(=O)c1ccc(Cl)cc1. The summed E-state index contributed by atoms with van der Waals surface area (Å²) in [4.78, 5) is 11.7. The Bertz CT molecular complexity index is 798. The Labute approximate surface area is 138 Å². The van der Waals surface area contributed by atoms with Crippen molar-refractivity contribution in [2.75, 3.05) is 0 Å². The average Bonchev–Trinajstić information content (AvgIpc) is 2.46. The lowest BCUT2D eigenvalue weighted by Crippen LogP contribution is -2.28. The number of halogens is 2. The van der Waals surface area contributed by atoms with Gasteiger partial charge in [-0.3, -0.25) is 4.79 Å². The predicted molar refractivity (Wildman–Crippen MR) is 87.3 cm³/mol. The molecular formula is C15H11Cl2NO3S. The van der Waals surface area contributed by atoms with Crippen molar-refractivity contribution in [1.29, 1.82) is 0 Å². The van der Waals surface area contributed by atoms with E-state index in [4.69, 9.17) is 23.2 Å². The van der Waals surface area contributed by atoms with Crippen LogP contribution in [0, 0.1) is 0 Å². The first-order chi connectivity index (χ1) is 10.4. The predicted octanol–water partition coefficient (Wildman–Crippen LogP) is 3.51. The maximum Gasteiger partial charge on any atom is 0.264 e. The standard InChI is InChI=1S/C15H11Cl2NO3S/c16-12-4-1-11(2-5-12)3-10-15(19)18-22(20,21)14-8-6-13(17)7-9-14/h1-10H,(H,18,19)/b10-3+. The highest BCUT2D eigenvalue weighted by atomic mass is 35.5. The van der Waals surface area contributed by atoms with Gasteiger partial charge in [-0.15, -0.1) is 0 Å². The molecule has 0 spiro atoms. The van der Waals surface area contributed by atoms with Crippen LogP contribution < -0.4 is 4.72 Å². The van der Waals surface area contributed by atoms with Crippen molar-refractivity contribution in [1.82, 2.24) is 4.72 Å². The first kappa shape index (κ1) is 16.5. The van der Waals surface area contributed by atoms with E-state index >= 15 is 0 Å². The molecule has 114 valence electrons. The van der Waals surface area contributed by atoms with E-state index in [1.807, 2.05) is 4.72 Å². The largest absolute Gasteiger partial charge is 0.269 e. The van der Waals surface area contributed by atoms with Gasteiger partial charge in [0.05, 0.1) is 4.90 Å². The zero-order valence-electron chi connectivity index (χ0n) is 11.2. The molecule has 0 heterocycles. The molecule has 0 aromatic heterocycles. The van der Waals surface area contributed by atoms with Crippen LogP contribution in [0.4, 0.5) is 0 Å². The number of sulfonamides is 1. The quantitative estimate of drug-likeness (QED) is 0.853. The van der Waals surface area contributed by atoms with Crippen molar-refractivity contribution in [3.05, 3.63) is 70.2 Å². The second-order valence-corrected chi connectivity index (χ2v) is 6.86. The third kappa shape index (κ3) is 4.59. The van der Waals surface area contributed by atoms with Gasteiger partial charge in [0, 0.05) is 16.1 Å². The van der Waals surface area contributed by atoms with E-state index in [-0.39, 0.29) is 4.90 Å². The van der Waals surface area contributed by atoms with Gasteiger partial charge >= 0.3 is 0 Å². The van der Waals surface area contributed by atoms with Crippen LogP contribution in [-0.2, 0) is 14.8 Å². The number of carbonyl (C=O) groups excluding carboxylic acids is 1. The molecule has 0 atom stereocenters. The summed E-state index contributed by atoms with van der Waals surface area (Å²) >= 11 is 11.4. The first-order valence-corrected chi connectivity index (χ1v) is 8.37. The van der Waals surface area contributed by atoms with Crippen LogP contribution in [0.2, 0.25) is 10.0 Å². The Balaban J connectivity index is 2.07. The van der Waals surface area contributed by atoms with Crippen LogP contribution in [0.15, 0.2) is 59.5 Å². The van der Waals surface area contributed by atoms with Gasteiger partial charge in [0.2, 0.25) is 0 Å². The van der Waals surface area contributed by atoms with E-state index in [0.717, 1.165) is 11.6 Å². The summed E-state index contributed by atoms with van der Waals surface area (Å²) in [5.41, 5.74) is 0.725. The van der Waals surface area contributed by atoms with Gasteiger partial charge in [0.15, 0.2) is 0 Å². The second kappa shape index (κ2) is 6.96. The zero-order valence-corrected chi connectivity index (χ0v) is 13.5. The highest BCUT2D eigenvalue weighted by Gasteiger charge is 2.15. The fraction of sp³-hybridized carbons (Fsp3) is 0. The number of amides is 1. The minimum absolute atomic E-state index is 0.0369. The average molecular weight is 356 g/mol. The van der Waals surface area contributed by atoms with Crippen molar-refractivity contribution in [2.45, 2.75) is 4.90 Å². The Kier molecular flexibility index (Phi) is 5.24. The van der Waals surface area contributed by atoms with Gasteiger partial charge in [-0.25, -0.2) is 13.1 Å². The summed E-state index contributed by atoms with van der Waals surface area (Å²) in [6.07, 6.45) is 2.62. The van der Waals surface area contributed by atoms with E-state index in [1.165, 1.54) is 30.3 Å². The van der Waals surface area contributed by atoms with E-state index in [2.05, 4.69) is 0 Å². The number of nitrogens with one attached hydrogen (secondary N) is 1. The molecule has 1 amide bonds. The van der Waals surface area contributed by atoms with E-state index < -0.39 is 15.9 Å².